The van der Waals surface area contributed by atoms with Gasteiger partial charge in [-0.25, -0.2) is 14.4 Å². The van der Waals surface area contributed by atoms with Gasteiger partial charge in [0, 0.05) is 54.0 Å². The third-order valence-electron chi connectivity index (χ3n) is 13.5. The molecule has 344 valence electrons. The van der Waals surface area contributed by atoms with Crippen LogP contribution in [0.4, 0.5) is 9.52 Å². The first kappa shape index (κ1) is 46.1. The second kappa shape index (κ2) is 19.6. The van der Waals surface area contributed by atoms with E-state index in [9.17, 15) is 23.8 Å². The number of rotatable bonds is 12. The van der Waals surface area contributed by atoms with Crippen LogP contribution >= 0.6 is 18.7 Å². The van der Waals surface area contributed by atoms with Crippen LogP contribution in [0.1, 0.15) is 102 Å². The molecule has 2 saturated carbocycles. The van der Waals surface area contributed by atoms with Gasteiger partial charge in [-0.3, -0.25) is 18.9 Å². The van der Waals surface area contributed by atoms with E-state index in [1.807, 2.05) is 43.5 Å². The summed E-state index contributed by atoms with van der Waals surface area (Å²) in [6, 6.07) is 11.0. The first-order valence-corrected chi connectivity index (χ1v) is 25.5. The summed E-state index contributed by atoms with van der Waals surface area (Å²) < 4.78 is 54.2. The van der Waals surface area contributed by atoms with Crippen LogP contribution in [0.15, 0.2) is 47.8 Å². The number of esters is 1. The predicted molar refractivity (Wildman–Crippen MR) is 244 cm³/mol. The lowest BCUT2D eigenvalue weighted by molar-refractivity contribution is -0.155. The molecule has 2 aromatic heterocycles. The first-order valence-electron chi connectivity index (χ1n) is 22.8. The van der Waals surface area contributed by atoms with E-state index in [1.165, 1.54) is 22.3 Å². The van der Waals surface area contributed by atoms with Gasteiger partial charge in [-0.1, -0.05) is 25.0 Å². The predicted octanol–water partition coefficient (Wildman–Crippen LogP) is 9.25. The van der Waals surface area contributed by atoms with Crippen molar-refractivity contribution in [1.82, 2.24) is 14.9 Å². The third-order valence-corrected chi connectivity index (χ3v) is 17.1. The molecule has 4 heterocycles. The number of ether oxygens (including phenoxy) is 4. The normalized spacial score (nSPS) is 25.6. The maximum atomic E-state index is 15.2. The van der Waals surface area contributed by atoms with Crippen LogP contribution in [-0.4, -0.2) is 93.7 Å². The van der Waals surface area contributed by atoms with E-state index >= 15 is 4.39 Å². The second-order valence-electron chi connectivity index (χ2n) is 18.5. The Bertz CT molecular complexity index is 2390. The van der Waals surface area contributed by atoms with Crippen LogP contribution in [0.5, 0.6) is 11.5 Å². The van der Waals surface area contributed by atoms with Gasteiger partial charge in [0.15, 0.2) is 10.9 Å². The number of ketones is 1. The zero-order valence-electron chi connectivity index (χ0n) is 37.2. The highest BCUT2D eigenvalue weighted by Crippen LogP contribution is 2.75. The van der Waals surface area contributed by atoms with E-state index in [-0.39, 0.29) is 68.0 Å². The maximum absolute atomic E-state index is 15.2. The molecule has 8 rings (SSSR count). The monoisotopic (exact) mass is 918 g/mol. The van der Waals surface area contributed by atoms with E-state index in [1.54, 1.807) is 26.2 Å². The fourth-order valence-electron chi connectivity index (χ4n) is 9.90. The number of benzene rings is 2. The minimum atomic E-state index is -4.20. The van der Waals surface area contributed by atoms with Crippen molar-refractivity contribution in [3.63, 3.8) is 0 Å². The van der Waals surface area contributed by atoms with Crippen LogP contribution in [0.2, 0.25) is 0 Å². The molecule has 13 nitrogen and oxygen atoms in total. The maximum Gasteiger partial charge on any atom is 0.306 e. The van der Waals surface area contributed by atoms with Gasteiger partial charge in [0.05, 0.1) is 61.2 Å². The van der Waals surface area contributed by atoms with Gasteiger partial charge in [-0.2, -0.15) is 0 Å². The lowest BCUT2D eigenvalue weighted by Crippen LogP contribution is -2.46. The average Bonchev–Trinajstić information content (AvgIpc) is 3.67. The van der Waals surface area contributed by atoms with E-state index in [4.69, 9.17) is 28.9 Å². The van der Waals surface area contributed by atoms with E-state index in [0.29, 0.717) is 65.2 Å². The molecule has 2 aliphatic heterocycles. The van der Waals surface area contributed by atoms with E-state index in [0.717, 1.165) is 43.7 Å². The number of thiazole rings is 1. The van der Waals surface area contributed by atoms with Crippen LogP contribution in [-0.2, 0) is 34.6 Å². The molecule has 6 atom stereocenters. The number of hydrogen-bond donors (Lipinski definition) is 2. The van der Waals surface area contributed by atoms with Crippen molar-refractivity contribution in [2.24, 2.45) is 11.8 Å². The second-order valence-corrected chi connectivity index (χ2v) is 21.9. The average molecular weight is 919 g/mol. The van der Waals surface area contributed by atoms with Crippen LogP contribution < -0.4 is 14.8 Å². The van der Waals surface area contributed by atoms with E-state index < -0.39 is 48.3 Å². The van der Waals surface area contributed by atoms with Crippen molar-refractivity contribution in [1.29, 1.82) is 0 Å². The molecule has 64 heavy (non-hydrogen) atoms. The van der Waals surface area contributed by atoms with Gasteiger partial charge in [0.25, 0.3) is 0 Å². The number of nitrogens with one attached hydrogen (secondary N) is 1. The number of aryl methyl sites for hydroxylation is 1. The van der Waals surface area contributed by atoms with Crippen LogP contribution in [0.3, 0.4) is 0 Å². The number of carbonyl (C=O) groups is 3. The smallest absolute Gasteiger partial charge is 0.306 e. The molecule has 2 aliphatic carbocycles. The molecular weight excluding hydrogens is 859 g/mol. The quantitative estimate of drug-likeness (QED) is 0.102. The summed E-state index contributed by atoms with van der Waals surface area (Å²) in [5.74, 6) is -1.90. The molecule has 4 aliphatic rings. The lowest BCUT2D eigenvalue weighted by atomic mass is 9.99. The fourth-order valence-corrected chi connectivity index (χ4v) is 13.5. The Morgan fingerprint density at radius 1 is 1.06 bits per heavy atom. The topological polar surface area (TPSA) is 166 Å². The number of nitrogens with zero attached hydrogens (tertiary/aromatic N) is 3. The zero-order chi connectivity index (χ0) is 45.2. The van der Waals surface area contributed by atoms with Crippen molar-refractivity contribution in [3.05, 3.63) is 64.8 Å². The number of fused-ring (bicyclic) bond motifs is 3. The Labute approximate surface area is 378 Å². The van der Waals surface area contributed by atoms with Crippen LogP contribution in [0.25, 0.3) is 22.3 Å². The van der Waals surface area contributed by atoms with Gasteiger partial charge in [-0.15, -0.1) is 11.3 Å². The molecule has 2 saturated heterocycles. The Kier molecular flexibility index (Phi) is 14.1. The summed E-state index contributed by atoms with van der Waals surface area (Å²) in [4.78, 5) is 66.6. The zero-order valence-corrected chi connectivity index (χ0v) is 38.9. The molecule has 1 amide bonds. The van der Waals surface area contributed by atoms with E-state index in [2.05, 4.69) is 5.32 Å². The molecule has 0 spiro atoms. The lowest BCUT2D eigenvalue weighted by Gasteiger charge is -2.30. The molecule has 0 radical (unpaired) electrons. The van der Waals surface area contributed by atoms with Gasteiger partial charge in [-0.05, 0) is 95.4 Å². The molecule has 2 aromatic carbocycles. The number of aromatic nitrogens is 2. The van der Waals surface area contributed by atoms with Crippen molar-refractivity contribution < 1.29 is 47.2 Å². The summed E-state index contributed by atoms with van der Waals surface area (Å²) in [5.41, 5.74) is 2.56. The number of halogens is 1. The van der Waals surface area contributed by atoms with Gasteiger partial charge < -0.3 is 34.1 Å². The standard InChI is InChI=1S/C48H60FN4O9PS/c1-29(2)50-47-52-41(28-64-47)40-22-44(36-17-16-34(59-4)20-39(36)51-40)61-35-21-42-43(54)24-48(63(57,58)27-37-30(3)11-10-15-38(37)49)23-32(48)12-6-5-9-18-60-26-31(46(56)53(42)25-35)19-45(55)62-33-13-7-8-14-33/h10-11,15-17,20,22,28-29,31-33,35,42H,5-9,12-14,18-19,21,23-27H2,1-4H3,(H,50,52)(H,57,58)/t31-,32+,35+,42-,48+/m0/s1. The van der Waals surface area contributed by atoms with Gasteiger partial charge in [0.1, 0.15) is 35.2 Å². The minimum Gasteiger partial charge on any atom is -0.497 e. The number of methoxy groups -OCH3 is 1. The van der Waals surface area contributed by atoms with Crippen LogP contribution in [0, 0.1) is 24.6 Å². The molecule has 1 unspecified atom stereocenters. The molecule has 16 heteroatoms. The third kappa shape index (κ3) is 10.2. The fraction of sp³-hybridized carbons (Fsp3) is 0.562. The number of Topliss-reactive ketones (excluding diaryl/α,β-unsaturated/α-hetero) is 1. The Balaban J connectivity index is 1.13. The number of anilines is 1. The number of pyridine rings is 1. The van der Waals surface area contributed by atoms with Gasteiger partial charge >= 0.3 is 5.97 Å². The van der Waals surface area contributed by atoms with Crippen molar-refractivity contribution in [2.45, 2.75) is 133 Å². The Morgan fingerprint density at radius 2 is 1.86 bits per heavy atom. The summed E-state index contributed by atoms with van der Waals surface area (Å²) >= 11 is 1.46. The summed E-state index contributed by atoms with van der Waals surface area (Å²) in [6.07, 6.45) is 5.15. The van der Waals surface area contributed by atoms with Gasteiger partial charge in [0.2, 0.25) is 13.3 Å². The highest BCUT2D eigenvalue weighted by atomic mass is 32.1. The minimum absolute atomic E-state index is 0.0134. The number of amides is 1. The summed E-state index contributed by atoms with van der Waals surface area (Å²) in [6.45, 7) is 6.15. The molecule has 2 N–H and O–H groups in total. The van der Waals surface area contributed by atoms with Crippen molar-refractivity contribution in [2.75, 3.05) is 32.2 Å². The summed E-state index contributed by atoms with van der Waals surface area (Å²) in [5, 5.41) is 5.42. The van der Waals surface area contributed by atoms with Crippen molar-refractivity contribution >= 4 is 52.4 Å². The number of hydrogen-bond acceptors (Lipinski definition) is 12. The Morgan fingerprint density at radius 3 is 2.62 bits per heavy atom. The Hall–Kier alpha value is -4.43. The first-order chi connectivity index (χ1) is 30.7. The molecular formula is C48H60FN4O9PS. The highest BCUT2D eigenvalue weighted by molar-refractivity contribution is 7.59. The SMILES string of the molecule is COc1ccc2c(O[C@@H]3C[C@H]4C(=O)C[C@]5(P(=O)(O)Cc6c(C)cccc6F)C[C@H]5CCCCCOC[C@H](CC(=O)OC5CCCC5)C(=O)N4C3)cc(-c3csc(NC(C)C)n3)nc2c1. The summed E-state index contributed by atoms with van der Waals surface area (Å²) in [7, 11) is -2.62. The van der Waals surface area contributed by atoms with Crippen molar-refractivity contribution in [3.8, 4) is 22.9 Å². The number of carbonyl (C=O) groups excluding carboxylic acids is 3. The molecule has 4 aromatic rings. The molecule has 0 bridgehead atoms. The highest BCUT2D eigenvalue weighted by Gasteiger charge is 2.66. The largest absolute Gasteiger partial charge is 0.497 e. The molecule has 4 fully saturated rings.